The third kappa shape index (κ3) is 5.04. The molecule has 0 atom stereocenters. The van der Waals surface area contributed by atoms with Crippen molar-refractivity contribution < 1.29 is 19.5 Å². The van der Waals surface area contributed by atoms with Crippen LogP contribution in [0.4, 0.5) is 11.8 Å². The zero-order valence-electron chi connectivity index (χ0n) is 21.0. The number of carbonyl (C=O) groups is 1. The summed E-state index contributed by atoms with van der Waals surface area (Å²) in [4.78, 5) is 33.8. The molecular weight excluding hydrogens is 522 g/mol. The van der Waals surface area contributed by atoms with Crippen molar-refractivity contribution in [2.45, 2.75) is 0 Å². The van der Waals surface area contributed by atoms with Crippen molar-refractivity contribution in [3.05, 3.63) is 48.4 Å². The van der Waals surface area contributed by atoms with E-state index in [-0.39, 0.29) is 5.56 Å². The Labute approximate surface area is 226 Å². The number of thiophene rings is 1. The van der Waals surface area contributed by atoms with E-state index in [0.29, 0.717) is 38.1 Å². The first-order valence-electron chi connectivity index (χ1n) is 12.3. The van der Waals surface area contributed by atoms with Gasteiger partial charge in [-0.1, -0.05) is 23.5 Å². The summed E-state index contributed by atoms with van der Waals surface area (Å²) in [7, 11) is 1.83. The first kappa shape index (κ1) is 24.9. The topological polar surface area (TPSA) is 155 Å². The number of anilines is 2. The molecular formula is C25H25N9O4S. The van der Waals surface area contributed by atoms with Gasteiger partial charge in [-0.3, -0.25) is 15.1 Å². The number of aromatic nitrogens is 6. The summed E-state index contributed by atoms with van der Waals surface area (Å²) in [6.45, 7) is 3.68. The minimum atomic E-state index is -0.665. The number of hydroxylamine groups is 1. The summed E-state index contributed by atoms with van der Waals surface area (Å²) in [6.07, 6.45) is 4.50. The first-order chi connectivity index (χ1) is 19.1. The zero-order valence-corrected chi connectivity index (χ0v) is 21.8. The Morgan fingerprint density at radius 1 is 1.23 bits per heavy atom. The van der Waals surface area contributed by atoms with Crippen LogP contribution in [-0.4, -0.2) is 87.8 Å². The van der Waals surface area contributed by atoms with E-state index < -0.39 is 5.91 Å². The average Bonchev–Trinajstić information content (AvgIpc) is 3.63. The number of hydrogen-bond donors (Lipinski definition) is 3. The second-order valence-corrected chi connectivity index (χ2v) is 9.88. The summed E-state index contributed by atoms with van der Waals surface area (Å²) in [5.41, 5.74) is 4.38. The SMILES string of the molecule is CN(CCOc1cc2nc(-c3cccc4[nH]ncc34)nc(N3CCOCC3)c2s1)c1ncc(C(=O)NO)cn1. The van der Waals surface area contributed by atoms with Gasteiger partial charge in [0.1, 0.15) is 6.61 Å². The van der Waals surface area contributed by atoms with Crippen LogP contribution in [0, 0.1) is 0 Å². The fourth-order valence-corrected chi connectivity index (χ4v) is 5.31. The summed E-state index contributed by atoms with van der Waals surface area (Å²) in [5, 5.41) is 17.6. The number of nitrogens with zero attached hydrogens (tertiary/aromatic N) is 7. The lowest BCUT2D eigenvalue weighted by Crippen LogP contribution is -2.36. The fourth-order valence-electron chi connectivity index (χ4n) is 4.32. The van der Waals surface area contributed by atoms with E-state index in [4.69, 9.17) is 24.6 Å². The highest BCUT2D eigenvalue weighted by molar-refractivity contribution is 7.21. The molecule has 5 aromatic rings. The highest BCUT2D eigenvalue weighted by atomic mass is 32.1. The van der Waals surface area contributed by atoms with Crippen molar-refractivity contribution in [1.29, 1.82) is 0 Å². The summed E-state index contributed by atoms with van der Waals surface area (Å²) in [6, 6.07) is 7.90. The largest absolute Gasteiger partial charge is 0.482 e. The Morgan fingerprint density at radius 2 is 2.05 bits per heavy atom. The van der Waals surface area contributed by atoms with Crippen LogP contribution in [0.1, 0.15) is 10.4 Å². The normalized spacial score (nSPS) is 13.6. The Bertz CT molecular complexity index is 1620. The van der Waals surface area contributed by atoms with Gasteiger partial charge in [0.2, 0.25) is 5.95 Å². The van der Waals surface area contributed by atoms with Crippen LogP contribution in [0.5, 0.6) is 5.06 Å². The molecule has 14 heteroatoms. The number of aromatic amines is 1. The van der Waals surface area contributed by atoms with E-state index in [1.807, 2.05) is 36.2 Å². The number of likely N-dealkylation sites (N-methyl/N-ethyl adjacent to an activating group) is 1. The first-order valence-corrected chi connectivity index (χ1v) is 13.1. The van der Waals surface area contributed by atoms with Crippen molar-refractivity contribution in [3.63, 3.8) is 0 Å². The number of benzene rings is 1. The standard InChI is InChI=1S/C25H25N9O4S/c1-33(25-26-12-15(13-27-25)24(35)32-36)5-10-38-20-11-19-21(39-20)23(34-6-8-37-9-7-34)30-22(29-19)16-3-2-4-18-17(16)14-28-31-18/h2-4,11-14,36H,5-10H2,1H3,(H,28,31)(H,32,35). The number of H-pyrrole nitrogens is 1. The molecule has 0 aliphatic carbocycles. The van der Waals surface area contributed by atoms with Gasteiger partial charge in [-0.25, -0.2) is 25.4 Å². The van der Waals surface area contributed by atoms with Crippen LogP contribution >= 0.6 is 11.3 Å². The maximum Gasteiger partial charge on any atom is 0.277 e. The summed E-state index contributed by atoms with van der Waals surface area (Å²) >= 11 is 1.52. The minimum Gasteiger partial charge on any atom is -0.482 e. The predicted molar refractivity (Wildman–Crippen MR) is 146 cm³/mol. The Hall–Kier alpha value is -4.40. The third-order valence-electron chi connectivity index (χ3n) is 6.38. The number of nitrogens with one attached hydrogen (secondary N) is 2. The molecule has 1 aliphatic rings. The van der Waals surface area contributed by atoms with Crippen molar-refractivity contribution in [3.8, 4) is 16.5 Å². The smallest absolute Gasteiger partial charge is 0.277 e. The van der Waals surface area contributed by atoms with E-state index in [1.54, 1.807) is 11.7 Å². The highest BCUT2D eigenvalue weighted by Crippen LogP contribution is 2.38. The Kier molecular flexibility index (Phi) is 6.87. The van der Waals surface area contributed by atoms with Crippen LogP contribution < -0.4 is 20.0 Å². The van der Waals surface area contributed by atoms with Crippen LogP contribution in [0.25, 0.3) is 32.5 Å². The van der Waals surface area contributed by atoms with Crippen molar-refractivity contribution >= 4 is 50.1 Å². The third-order valence-corrected chi connectivity index (χ3v) is 7.41. The molecule has 3 N–H and O–H groups in total. The lowest BCUT2D eigenvalue weighted by atomic mass is 10.1. The molecule has 1 fully saturated rings. The van der Waals surface area contributed by atoms with E-state index >= 15 is 0 Å². The van der Waals surface area contributed by atoms with Gasteiger partial charge >= 0.3 is 0 Å². The molecule has 5 heterocycles. The van der Waals surface area contributed by atoms with Gasteiger partial charge < -0.3 is 19.3 Å². The van der Waals surface area contributed by atoms with Crippen molar-refractivity contribution in [2.24, 2.45) is 0 Å². The van der Waals surface area contributed by atoms with E-state index in [1.165, 1.54) is 23.7 Å². The van der Waals surface area contributed by atoms with Crippen molar-refractivity contribution in [1.82, 2.24) is 35.6 Å². The fraction of sp³-hybridized carbons (Fsp3) is 0.280. The van der Waals surface area contributed by atoms with Gasteiger partial charge in [-0.2, -0.15) is 5.10 Å². The van der Waals surface area contributed by atoms with Crippen LogP contribution in [0.3, 0.4) is 0 Å². The lowest BCUT2D eigenvalue weighted by molar-refractivity contribution is 0.0705. The van der Waals surface area contributed by atoms with E-state index in [0.717, 1.165) is 50.7 Å². The second kappa shape index (κ2) is 10.8. The molecule has 0 saturated carbocycles. The molecule has 13 nitrogen and oxygen atoms in total. The molecule has 39 heavy (non-hydrogen) atoms. The van der Waals surface area contributed by atoms with Gasteiger partial charge in [-0.15, -0.1) is 0 Å². The Morgan fingerprint density at radius 3 is 2.85 bits per heavy atom. The number of carbonyl (C=O) groups excluding carboxylic acids is 1. The van der Waals surface area contributed by atoms with Gasteiger partial charge in [0.25, 0.3) is 5.91 Å². The van der Waals surface area contributed by atoms with Crippen LogP contribution in [0.2, 0.25) is 0 Å². The van der Waals surface area contributed by atoms with E-state index in [2.05, 4.69) is 25.1 Å². The zero-order chi connectivity index (χ0) is 26.8. The molecule has 0 unspecified atom stereocenters. The number of fused-ring (bicyclic) bond motifs is 2. The Balaban J connectivity index is 1.24. The van der Waals surface area contributed by atoms with Crippen LogP contribution in [0.15, 0.2) is 42.9 Å². The highest BCUT2D eigenvalue weighted by Gasteiger charge is 2.21. The van der Waals surface area contributed by atoms with Gasteiger partial charge in [0.05, 0.1) is 47.3 Å². The molecule has 1 aromatic carbocycles. The summed E-state index contributed by atoms with van der Waals surface area (Å²) in [5.74, 6) is 1.27. The van der Waals surface area contributed by atoms with Crippen molar-refractivity contribution in [2.75, 3.05) is 56.3 Å². The lowest BCUT2D eigenvalue weighted by Gasteiger charge is -2.28. The van der Waals surface area contributed by atoms with Gasteiger partial charge in [0.15, 0.2) is 16.7 Å². The van der Waals surface area contributed by atoms with E-state index in [9.17, 15) is 4.79 Å². The molecule has 0 spiro atoms. The van der Waals surface area contributed by atoms with Crippen LogP contribution in [-0.2, 0) is 4.74 Å². The number of amides is 1. The molecule has 4 aromatic heterocycles. The maximum atomic E-state index is 11.5. The minimum absolute atomic E-state index is 0.164. The number of morpholine rings is 1. The second-order valence-electron chi connectivity index (χ2n) is 8.87. The quantitative estimate of drug-likeness (QED) is 0.194. The molecule has 200 valence electrons. The number of rotatable bonds is 8. The molecule has 1 amide bonds. The monoisotopic (exact) mass is 547 g/mol. The molecule has 6 rings (SSSR count). The molecule has 1 aliphatic heterocycles. The van der Waals surface area contributed by atoms with Gasteiger partial charge in [0, 0.05) is 49.5 Å². The molecule has 1 saturated heterocycles. The molecule has 0 bridgehead atoms. The predicted octanol–water partition coefficient (Wildman–Crippen LogP) is 2.50. The molecule has 0 radical (unpaired) electrons. The van der Waals surface area contributed by atoms with Gasteiger partial charge in [-0.05, 0) is 6.07 Å². The number of ether oxygens (including phenoxy) is 2. The summed E-state index contributed by atoms with van der Waals surface area (Å²) < 4.78 is 12.6. The maximum absolute atomic E-state index is 11.5. The number of hydrogen-bond acceptors (Lipinski definition) is 12. The average molecular weight is 548 g/mol.